The molecular formula is C16H21NO3. The summed E-state index contributed by atoms with van der Waals surface area (Å²) >= 11 is 0. The van der Waals surface area contributed by atoms with Gasteiger partial charge in [0.1, 0.15) is 0 Å². The summed E-state index contributed by atoms with van der Waals surface area (Å²) in [5, 5.41) is 18.0. The van der Waals surface area contributed by atoms with Crippen molar-refractivity contribution in [1.29, 1.82) is 0 Å². The van der Waals surface area contributed by atoms with Gasteiger partial charge in [0, 0.05) is 31.1 Å². The van der Waals surface area contributed by atoms with E-state index < -0.39 is 6.10 Å². The van der Waals surface area contributed by atoms with Gasteiger partial charge in [-0.1, -0.05) is 17.9 Å². The van der Waals surface area contributed by atoms with Crippen LogP contribution in [0.1, 0.15) is 34.8 Å². The number of likely N-dealkylation sites (N-methyl/N-ethyl adjacent to an activating group) is 1. The largest absolute Gasteiger partial charge is 0.395 e. The monoisotopic (exact) mass is 275 g/mol. The number of nitrogens with zero attached hydrogens (tertiary/aromatic N) is 1. The summed E-state index contributed by atoms with van der Waals surface area (Å²) in [5.41, 5.74) is 2.21. The van der Waals surface area contributed by atoms with E-state index in [4.69, 9.17) is 5.11 Å². The highest BCUT2D eigenvalue weighted by molar-refractivity contribution is 5.95. The predicted molar refractivity (Wildman–Crippen MR) is 78.4 cm³/mol. The normalized spacial score (nSPS) is 11.4. The molecule has 0 heterocycles. The fourth-order valence-corrected chi connectivity index (χ4v) is 1.84. The molecule has 4 nitrogen and oxygen atoms in total. The van der Waals surface area contributed by atoms with Crippen molar-refractivity contribution in [2.24, 2.45) is 0 Å². The molecule has 2 N–H and O–H groups in total. The van der Waals surface area contributed by atoms with E-state index in [0.29, 0.717) is 18.5 Å². The molecule has 4 heteroatoms. The van der Waals surface area contributed by atoms with Crippen molar-refractivity contribution < 1.29 is 15.0 Å². The van der Waals surface area contributed by atoms with Gasteiger partial charge in [0.15, 0.2) is 0 Å². The van der Waals surface area contributed by atoms with Crippen LogP contribution in [0.3, 0.4) is 0 Å². The number of amides is 1. The second kappa shape index (κ2) is 7.68. The third kappa shape index (κ3) is 4.69. The number of aliphatic hydroxyl groups is 2. The number of hydrogen-bond donors (Lipinski definition) is 2. The van der Waals surface area contributed by atoms with Crippen molar-refractivity contribution in [3.63, 3.8) is 0 Å². The molecule has 1 rings (SSSR count). The SMILES string of the molecule is Cc1ccc(C#CCCO)cc1C(=O)N(C)CC(C)O. The molecule has 0 saturated heterocycles. The first kappa shape index (κ1) is 16.2. The number of hydrogen-bond acceptors (Lipinski definition) is 3. The Balaban J connectivity index is 2.97. The molecule has 0 spiro atoms. The summed E-state index contributed by atoms with van der Waals surface area (Å²) in [7, 11) is 1.67. The quantitative estimate of drug-likeness (QED) is 0.811. The second-order valence-corrected chi connectivity index (χ2v) is 4.84. The highest BCUT2D eigenvalue weighted by atomic mass is 16.3. The van der Waals surface area contributed by atoms with Crippen LogP contribution in [0.2, 0.25) is 0 Å². The molecule has 1 amide bonds. The van der Waals surface area contributed by atoms with Crippen LogP contribution < -0.4 is 0 Å². The molecule has 0 bridgehead atoms. The Hall–Kier alpha value is -1.83. The molecule has 0 aliphatic heterocycles. The minimum Gasteiger partial charge on any atom is -0.395 e. The zero-order chi connectivity index (χ0) is 15.1. The summed E-state index contributed by atoms with van der Waals surface area (Å²) in [4.78, 5) is 13.8. The maximum Gasteiger partial charge on any atom is 0.253 e. The van der Waals surface area contributed by atoms with Crippen molar-refractivity contribution in [3.05, 3.63) is 34.9 Å². The standard InChI is InChI=1S/C16H21NO3/c1-12-7-8-14(6-4-5-9-18)10-15(12)16(20)17(3)11-13(2)19/h7-8,10,13,18-19H,5,9,11H2,1-3H3. The predicted octanol–water partition coefficient (Wildman–Crippen LogP) is 1.18. The van der Waals surface area contributed by atoms with Gasteiger partial charge < -0.3 is 15.1 Å². The van der Waals surface area contributed by atoms with Crippen LogP contribution in [0.4, 0.5) is 0 Å². The molecule has 0 aliphatic rings. The van der Waals surface area contributed by atoms with E-state index in [-0.39, 0.29) is 12.5 Å². The van der Waals surface area contributed by atoms with Gasteiger partial charge in [0.25, 0.3) is 5.91 Å². The highest BCUT2D eigenvalue weighted by Gasteiger charge is 2.15. The van der Waals surface area contributed by atoms with Crippen LogP contribution >= 0.6 is 0 Å². The molecule has 0 radical (unpaired) electrons. The zero-order valence-corrected chi connectivity index (χ0v) is 12.2. The van der Waals surface area contributed by atoms with Crippen LogP contribution in [0, 0.1) is 18.8 Å². The van der Waals surface area contributed by atoms with Crippen molar-refractivity contribution in [1.82, 2.24) is 4.90 Å². The van der Waals surface area contributed by atoms with Crippen LogP contribution in [0.15, 0.2) is 18.2 Å². The Morgan fingerprint density at radius 2 is 2.15 bits per heavy atom. The van der Waals surface area contributed by atoms with Gasteiger partial charge in [-0.2, -0.15) is 0 Å². The van der Waals surface area contributed by atoms with E-state index >= 15 is 0 Å². The molecule has 108 valence electrons. The lowest BCUT2D eigenvalue weighted by Gasteiger charge is -2.20. The van der Waals surface area contributed by atoms with Crippen LogP contribution in [0.25, 0.3) is 0 Å². The maximum atomic E-state index is 12.3. The Labute approximate surface area is 120 Å². The fraction of sp³-hybridized carbons (Fsp3) is 0.438. The van der Waals surface area contributed by atoms with E-state index in [0.717, 1.165) is 11.1 Å². The lowest BCUT2D eigenvalue weighted by atomic mass is 10.0. The van der Waals surface area contributed by atoms with Gasteiger partial charge in [0.05, 0.1) is 12.7 Å². The average molecular weight is 275 g/mol. The molecule has 1 aromatic carbocycles. The molecule has 1 aromatic rings. The topological polar surface area (TPSA) is 60.8 Å². The molecule has 1 unspecified atom stereocenters. The third-order valence-corrected chi connectivity index (χ3v) is 2.82. The average Bonchev–Trinajstić information content (AvgIpc) is 2.39. The van der Waals surface area contributed by atoms with Gasteiger partial charge in [-0.15, -0.1) is 0 Å². The Bertz CT molecular complexity index is 526. The molecule has 20 heavy (non-hydrogen) atoms. The van der Waals surface area contributed by atoms with Crippen molar-refractivity contribution in [2.45, 2.75) is 26.4 Å². The summed E-state index contributed by atoms with van der Waals surface area (Å²) < 4.78 is 0. The number of aliphatic hydroxyl groups excluding tert-OH is 2. The smallest absolute Gasteiger partial charge is 0.253 e. The van der Waals surface area contributed by atoms with E-state index in [1.807, 2.05) is 19.1 Å². The van der Waals surface area contributed by atoms with E-state index in [1.54, 1.807) is 20.0 Å². The second-order valence-electron chi connectivity index (χ2n) is 4.84. The first-order chi connectivity index (χ1) is 9.45. The van der Waals surface area contributed by atoms with E-state index in [2.05, 4.69) is 11.8 Å². The zero-order valence-electron chi connectivity index (χ0n) is 12.2. The van der Waals surface area contributed by atoms with Crippen molar-refractivity contribution >= 4 is 5.91 Å². The van der Waals surface area contributed by atoms with Gasteiger partial charge in [0.2, 0.25) is 0 Å². The maximum absolute atomic E-state index is 12.3. The van der Waals surface area contributed by atoms with Gasteiger partial charge >= 0.3 is 0 Å². The summed E-state index contributed by atoms with van der Waals surface area (Å²) in [5.74, 6) is 5.62. The van der Waals surface area contributed by atoms with Gasteiger partial charge in [-0.3, -0.25) is 4.79 Å². The molecule has 0 fully saturated rings. The highest BCUT2D eigenvalue weighted by Crippen LogP contribution is 2.13. The third-order valence-electron chi connectivity index (χ3n) is 2.82. The van der Waals surface area contributed by atoms with Crippen molar-refractivity contribution in [2.75, 3.05) is 20.2 Å². The fourth-order valence-electron chi connectivity index (χ4n) is 1.84. The van der Waals surface area contributed by atoms with Crippen LogP contribution in [-0.4, -0.2) is 47.3 Å². The number of benzene rings is 1. The Morgan fingerprint density at radius 1 is 1.45 bits per heavy atom. The summed E-state index contributed by atoms with van der Waals surface area (Å²) in [6.45, 7) is 3.84. The molecule has 0 saturated carbocycles. The van der Waals surface area contributed by atoms with Crippen molar-refractivity contribution in [3.8, 4) is 11.8 Å². The lowest BCUT2D eigenvalue weighted by Crippen LogP contribution is -2.33. The minimum absolute atomic E-state index is 0.0295. The number of carbonyl (C=O) groups is 1. The first-order valence-electron chi connectivity index (χ1n) is 6.59. The van der Waals surface area contributed by atoms with Crippen LogP contribution in [0.5, 0.6) is 0 Å². The van der Waals surface area contributed by atoms with Crippen LogP contribution in [-0.2, 0) is 0 Å². The summed E-state index contributed by atoms with van der Waals surface area (Å²) in [6.07, 6.45) is -0.143. The molecular weight excluding hydrogens is 254 g/mol. The Kier molecular flexibility index (Phi) is 6.23. The molecule has 0 aliphatic carbocycles. The summed E-state index contributed by atoms with van der Waals surface area (Å²) in [6, 6.07) is 5.46. The Morgan fingerprint density at radius 3 is 2.75 bits per heavy atom. The molecule has 1 atom stereocenters. The number of aryl methyl sites for hydroxylation is 1. The van der Waals surface area contributed by atoms with Gasteiger partial charge in [-0.05, 0) is 31.5 Å². The van der Waals surface area contributed by atoms with Gasteiger partial charge in [-0.25, -0.2) is 0 Å². The minimum atomic E-state index is -0.559. The lowest BCUT2D eigenvalue weighted by molar-refractivity contribution is 0.0703. The number of rotatable bonds is 4. The number of carbonyl (C=O) groups excluding carboxylic acids is 1. The van der Waals surface area contributed by atoms with E-state index in [9.17, 15) is 9.90 Å². The van der Waals surface area contributed by atoms with E-state index in [1.165, 1.54) is 4.90 Å². The first-order valence-corrected chi connectivity index (χ1v) is 6.59. The molecule has 0 aromatic heterocycles.